The van der Waals surface area contributed by atoms with E-state index in [4.69, 9.17) is 11.6 Å². The van der Waals surface area contributed by atoms with Gasteiger partial charge in [-0.2, -0.15) is 0 Å². The maximum absolute atomic E-state index is 11.7. The average Bonchev–Trinajstić information content (AvgIpc) is 2.30. The first-order valence-corrected chi connectivity index (χ1v) is 5.31. The van der Waals surface area contributed by atoms with E-state index >= 15 is 0 Å². The Balaban J connectivity index is 3.08. The summed E-state index contributed by atoms with van der Waals surface area (Å²) in [6.45, 7) is 3.78. The molecule has 0 saturated heterocycles. The van der Waals surface area contributed by atoms with Crippen LogP contribution in [0.4, 0.5) is 5.69 Å². The average molecular weight is 224 g/mol. The lowest BCUT2D eigenvalue weighted by atomic mass is 10.2. The fourth-order valence-electron chi connectivity index (χ4n) is 1.31. The second-order valence-corrected chi connectivity index (χ2v) is 3.40. The molecule has 15 heavy (non-hydrogen) atoms. The van der Waals surface area contributed by atoms with Crippen molar-refractivity contribution in [2.75, 3.05) is 10.8 Å². The summed E-state index contributed by atoms with van der Waals surface area (Å²) >= 11 is 5.58. The molecule has 0 saturated carbocycles. The van der Waals surface area contributed by atoms with E-state index in [-0.39, 0.29) is 11.8 Å². The molecular formula is C12H14ClNO. The highest BCUT2D eigenvalue weighted by Crippen LogP contribution is 2.19. The SMILES string of the molecule is C/C=C(\C)N(C(=O)CCl)c1ccccc1. The molecule has 3 heteroatoms. The molecule has 0 atom stereocenters. The molecule has 1 amide bonds. The molecule has 1 aromatic rings. The van der Waals surface area contributed by atoms with Crippen LogP contribution >= 0.6 is 11.6 Å². The molecule has 0 spiro atoms. The summed E-state index contributed by atoms with van der Waals surface area (Å²) in [4.78, 5) is 13.3. The molecule has 1 aromatic carbocycles. The Morgan fingerprint density at radius 2 is 2.00 bits per heavy atom. The molecule has 0 radical (unpaired) electrons. The fourth-order valence-corrected chi connectivity index (χ4v) is 1.43. The first-order chi connectivity index (χ1) is 7.20. The van der Waals surface area contributed by atoms with Crippen molar-refractivity contribution in [1.29, 1.82) is 0 Å². The number of benzene rings is 1. The molecule has 0 heterocycles. The Bertz CT molecular complexity index is 359. The Kier molecular flexibility index (Phi) is 4.37. The van der Waals surface area contributed by atoms with Crippen molar-refractivity contribution in [1.82, 2.24) is 0 Å². The second kappa shape index (κ2) is 5.56. The minimum atomic E-state index is -0.113. The zero-order valence-electron chi connectivity index (χ0n) is 8.90. The van der Waals surface area contributed by atoms with E-state index in [0.29, 0.717) is 0 Å². The maximum atomic E-state index is 11.7. The molecule has 0 aromatic heterocycles. The van der Waals surface area contributed by atoms with Gasteiger partial charge in [0.25, 0.3) is 0 Å². The van der Waals surface area contributed by atoms with Gasteiger partial charge in [0.1, 0.15) is 5.88 Å². The molecule has 2 nitrogen and oxygen atoms in total. The maximum Gasteiger partial charge on any atom is 0.246 e. The van der Waals surface area contributed by atoms with Crippen molar-refractivity contribution in [3.8, 4) is 0 Å². The number of carbonyl (C=O) groups excluding carboxylic acids is 1. The van der Waals surface area contributed by atoms with Crippen LogP contribution in [0.15, 0.2) is 42.1 Å². The number of halogens is 1. The number of carbonyl (C=O) groups is 1. The van der Waals surface area contributed by atoms with Gasteiger partial charge in [0.05, 0.1) is 0 Å². The summed E-state index contributed by atoms with van der Waals surface area (Å²) in [6, 6.07) is 9.48. The van der Waals surface area contributed by atoms with E-state index in [1.165, 1.54) is 0 Å². The molecule has 0 unspecified atom stereocenters. The van der Waals surface area contributed by atoms with Crippen LogP contribution in [0.5, 0.6) is 0 Å². The number of rotatable bonds is 3. The minimum absolute atomic E-state index is 0.0138. The zero-order chi connectivity index (χ0) is 11.3. The number of hydrogen-bond donors (Lipinski definition) is 0. The van der Waals surface area contributed by atoms with Crippen molar-refractivity contribution >= 4 is 23.2 Å². The van der Waals surface area contributed by atoms with Crippen LogP contribution in [0.25, 0.3) is 0 Å². The van der Waals surface area contributed by atoms with Crippen molar-refractivity contribution in [3.63, 3.8) is 0 Å². The fraction of sp³-hybridized carbons (Fsp3) is 0.250. The van der Waals surface area contributed by atoms with Gasteiger partial charge in [0.2, 0.25) is 5.91 Å². The van der Waals surface area contributed by atoms with Crippen LogP contribution < -0.4 is 4.90 Å². The van der Waals surface area contributed by atoms with Gasteiger partial charge in [-0.3, -0.25) is 9.69 Å². The van der Waals surface area contributed by atoms with Crippen LogP contribution in [-0.2, 0) is 4.79 Å². The van der Waals surface area contributed by atoms with Crippen LogP contribution in [0.3, 0.4) is 0 Å². The lowest BCUT2D eigenvalue weighted by Crippen LogP contribution is -2.29. The van der Waals surface area contributed by atoms with Gasteiger partial charge < -0.3 is 0 Å². The van der Waals surface area contributed by atoms with Crippen molar-refractivity contribution in [2.24, 2.45) is 0 Å². The third kappa shape index (κ3) is 2.83. The van der Waals surface area contributed by atoms with Crippen molar-refractivity contribution < 1.29 is 4.79 Å². The second-order valence-electron chi connectivity index (χ2n) is 3.13. The first kappa shape index (κ1) is 11.8. The van der Waals surface area contributed by atoms with E-state index in [2.05, 4.69) is 0 Å². The number of nitrogens with zero attached hydrogens (tertiary/aromatic N) is 1. The van der Waals surface area contributed by atoms with E-state index in [0.717, 1.165) is 11.4 Å². The summed E-state index contributed by atoms with van der Waals surface area (Å²) in [5.41, 5.74) is 1.73. The summed E-state index contributed by atoms with van der Waals surface area (Å²) in [5.74, 6) is -0.126. The van der Waals surface area contributed by atoms with Crippen LogP contribution in [0.1, 0.15) is 13.8 Å². The number of allylic oxidation sites excluding steroid dienone is 2. The molecule has 0 N–H and O–H groups in total. The van der Waals surface area contributed by atoms with Gasteiger partial charge in [0, 0.05) is 11.4 Å². The van der Waals surface area contributed by atoms with Crippen molar-refractivity contribution in [2.45, 2.75) is 13.8 Å². The summed E-state index contributed by atoms with van der Waals surface area (Å²) in [5, 5.41) is 0. The largest absolute Gasteiger partial charge is 0.284 e. The molecule has 0 fully saturated rings. The molecule has 0 aliphatic carbocycles. The standard InChI is InChI=1S/C12H14ClNO/c1-3-10(2)14(12(15)9-13)11-7-5-4-6-8-11/h3-8H,9H2,1-2H3/b10-3+. The quantitative estimate of drug-likeness (QED) is 0.721. The lowest BCUT2D eigenvalue weighted by Gasteiger charge is -2.22. The Hall–Kier alpha value is -1.28. The van der Waals surface area contributed by atoms with Gasteiger partial charge in [-0.15, -0.1) is 11.6 Å². The van der Waals surface area contributed by atoms with E-state index in [1.807, 2.05) is 50.3 Å². The number of anilines is 1. The minimum Gasteiger partial charge on any atom is -0.284 e. The molecular weight excluding hydrogens is 210 g/mol. The van der Waals surface area contributed by atoms with Gasteiger partial charge in [-0.25, -0.2) is 0 Å². The molecule has 0 aliphatic rings. The number of hydrogen-bond acceptors (Lipinski definition) is 1. The highest BCUT2D eigenvalue weighted by Gasteiger charge is 2.15. The van der Waals surface area contributed by atoms with Crippen LogP contribution in [-0.4, -0.2) is 11.8 Å². The summed E-state index contributed by atoms with van der Waals surface area (Å²) in [7, 11) is 0. The Labute approximate surface area is 95.2 Å². The Morgan fingerprint density at radius 1 is 1.40 bits per heavy atom. The number of alkyl halides is 1. The van der Waals surface area contributed by atoms with E-state index in [1.54, 1.807) is 4.90 Å². The lowest BCUT2D eigenvalue weighted by molar-refractivity contribution is -0.115. The molecule has 1 rings (SSSR count). The first-order valence-electron chi connectivity index (χ1n) is 4.77. The topological polar surface area (TPSA) is 20.3 Å². The van der Waals surface area contributed by atoms with Gasteiger partial charge in [-0.05, 0) is 26.0 Å². The van der Waals surface area contributed by atoms with Gasteiger partial charge in [0.15, 0.2) is 0 Å². The van der Waals surface area contributed by atoms with Gasteiger partial charge in [-0.1, -0.05) is 24.3 Å². The highest BCUT2D eigenvalue weighted by atomic mass is 35.5. The molecule has 80 valence electrons. The van der Waals surface area contributed by atoms with Gasteiger partial charge >= 0.3 is 0 Å². The smallest absolute Gasteiger partial charge is 0.246 e. The monoisotopic (exact) mass is 223 g/mol. The van der Waals surface area contributed by atoms with Crippen LogP contribution in [0.2, 0.25) is 0 Å². The normalized spacial score (nSPS) is 11.3. The molecule has 0 bridgehead atoms. The Morgan fingerprint density at radius 3 is 2.47 bits per heavy atom. The van der Waals surface area contributed by atoms with Crippen LogP contribution in [0, 0.1) is 0 Å². The highest BCUT2D eigenvalue weighted by molar-refractivity contribution is 6.29. The number of para-hydroxylation sites is 1. The molecule has 0 aliphatic heterocycles. The summed E-state index contributed by atoms with van der Waals surface area (Å²) < 4.78 is 0. The number of amides is 1. The summed E-state index contributed by atoms with van der Waals surface area (Å²) in [6.07, 6.45) is 1.89. The van der Waals surface area contributed by atoms with Crippen molar-refractivity contribution in [3.05, 3.63) is 42.1 Å². The zero-order valence-corrected chi connectivity index (χ0v) is 9.66. The van der Waals surface area contributed by atoms with E-state index in [9.17, 15) is 4.79 Å². The third-order valence-electron chi connectivity index (χ3n) is 2.15. The predicted octanol–water partition coefficient (Wildman–Crippen LogP) is 3.18. The van der Waals surface area contributed by atoms with E-state index < -0.39 is 0 Å². The predicted molar refractivity (Wildman–Crippen MR) is 64.1 cm³/mol. The third-order valence-corrected chi connectivity index (χ3v) is 2.38.